The van der Waals surface area contributed by atoms with Gasteiger partial charge >= 0.3 is 0 Å². The van der Waals surface area contributed by atoms with E-state index in [4.69, 9.17) is 10.1 Å². The lowest BCUT2D eigenvalue weighted by atomic mass is 10.0. The molecule has 0 saturated heterocycles. The predicted molar refractivity (Wildman–Crippen MR) is 128 cm³/mol. The highest BCUT2D eigenvalue weighted by Crippen LogP contribution is 2.45. The first-order valence-electron chi connectivity index (χ1n) is 11.9. The van der Waals surface area contributed by atoms with E-state index in [9.17, 15) is 9.59 Å². The topological polar surface area (TPSA) is 125 Å². The van der Waals surface area contributed by atoms with Crippen LogP contribution < -0.4 is 10.6 Å². The molecule has 2 aliphatic rings. The number of hydrogen-bond acceptors (Lipinski definition) is 6. The number of carbonyl (C=O) groups excluding carboxylic acids is 2. The molecule has 11 heteroatoms. The van der Waals surface area contributed by atoms with E-state index in [0.717, 1.165) is 53.7 Å². The summed E-state index contributed by atoms with van der Waals surface area (Å²) in [6, 6.07) is 1.90. The Morgan fingerprint density at radius 1 is 1.00 bits per heavy atom. The van der Waals surface area contributed by atoms with E-state index in [2.05, 4.69) is 20.8 Å². The van der Waals surface area contributed by atoms with Crippen LogP contribution in [0.2, 0.25) is 0 Å². The van der Waals surface area contributed by atoms with Gasteiger partial charge in [-0.2, -0.15) is 15.3 Å². The van der Waals surface area contributed by atoms with Crippen LogP contribution in [0, 0.1) is 0 Å². The van der Waals surface area contributed by atoms with E-state index in [-0.39, 0.29) is 17.5 Å². The summed E-state index contributed by atoms with van der Waals surface area (Å²) in [5.41, 5.74) is 4.67. The fourth-order valence-electron chi connectivity index (χ4n) is 4.52. The van der Waals surface area contributed by atoms with Crippen LogP contribution in [-0.4, -0.2) is 46.1 Å². The van der Waals surface area contributed by atoms with Crippen LogP contribution in [0.3, 0.4) is 0 Å². The van der Waals surface area contributed by atoms with Crippen LogP contribution in [0.25, 0.3) is 11.0 Å². The molecule has 0 aromatic carbocycles. The number of amides is 2. The molecule has 0 unspecified atom stereocenters. The number of aryl methyl sites for hydroxylation is 3. The highest BCUT2D eigenvalue weighted by molar-refractivity contribution is 6.14. The third-order valence-corrected chi connectivity index (χ3v) is 6.66. The van der Waals surface area contributed by atoms with Gasteiger partial charge in [-0.15, -0.1) is 0 Å². The van der Waals surface area contributed by atoms with Crippen molar-refractivity contribution in [1.82, 2.24) is 39.6 Å². The van der Waals surface area contributed by atoms with Gasteiger partial charge in [-0.3, -0.25) is 23.6 Å². The predicted octanol–water partition coefficient (Wildman–Crippen LogP) is 2.37. The lowest BCUT2D eigenvalue weighted by Crippen LogP contribution is -2.26. The molecule has 180 valence electrons. The van der Waals surface area contributed by atoms with Gasteiger partial charge in [-0.25, -0.2) is 4.98 Å². The quantitative estimate of drug-likeness (QED) is 0.425. The van der Waals surface area contributed by atoms with E-state index in [1.54, 1.807) is 22.6 Å². The molecule has 4 aromatic rings. The van der Waals surface area contributed by atoms with Crippen molar-refractivity contribution >= 4 is 28.5 Å². The Labute approximate surface area is 201 Å². The van der Waals surface area contributed by atoms with Gasteiger partial charge in [0.2, 0.25) is 0 Å². The Hall–Kier alpha value is -4.02. The Kier molecular flexibility index (Phi) is 4.94. The summed E-state index contributed by atoms with van der Waals surface area (Å²) in [4.78, 5) is 31.5. The van der Waals surface area contributed by atoms with Crippen LogP contribution >= 0.6 is 0 Å². The second kappa shape index (κ2) is 8.03. The number of hydrogen-bond donors (Lipinski definition) is 2. The molecule has 0 radical (unpaired) electrons. The van der Waals surface area contributed by atoms with Crippen molar-refractivity contribution in [3.05, 3.63) is 52.9 Å². The second-order valence-electron chi connectivity index (χ2n) is 9.54. The van der Waals surface area contributed by atoms with E-state index >= 15 is 0 Å². The van der Waals surface area contributed by atoms with Crippen LogP contribution in [0.1, 0.15) is 75.3 Å². The first-order chi connectivity index (χ1) is 16.9. The van der Waals surface area contributed by atoms with Crippen LogP contribution in [-0.2, 0) is 27.7 Å². The van der Waals surface area contributed by atoms with Gasteiger partial charge in [0.05, 0.1) is 34.7 Å². The molecular formula is C24H27N9O2. The molecular weight excluding hydrogens is 446 g/mol. The Balaban J connectivity index is 1.31. The minimum absolute atomic E-state index is 0.281. The number of nitrogens with one attached hydrogen (secondary N) is 2. The molecule has 2 amide bonds. The maximum Gasteiger partial charge on any atom is 0.271 e. The zero-order chi connectivity index (χ0) is 24.3. The fraction of sp³-hybridized carbons (Fsp3) is 0.417. The Morgan fingerprint density at radius 3 is 2.46 bits per heavy atom. The summed E-state index contributed by atoms with van der Waals surface area (Å²) < 4.78 is 4.93. The minimum Gasteiger partial charge on any atom is -0.346 e. The summed E-state index contributed by atoms with van der Waals surface area (Å²) in [6.07, 6.45) is 9.34. The first kappa shape index (κ1) is 21.5. The van der Waals surface area contributed by atoms with Crippen molar-refractivity contribution in [2.75, 3.05) is 5.32 Å². The van der Waals surface area contributed by atoms with Gasteiger partial charge < -0.3 is 10.6 Å². The molecule has 0 atom stereocenters. The summed E-state index contributed by atoms with van der Waals surface area (Å²) >= 11 is 0. The molecule has 2 N–H and O–H groups in total. The normalized spacial score (nSPS) is 15.5. The molecule has 4 heterocycles. The fourth-order valence-corrected chi connectivity index (χ4v) is 4.52. The number of pyridine rings is 1. The zero-order valence-electron chi connectivity index (χ0n) is 19.9. The van der Waals surface area contributed by atoms with Crippen molar-refractivity contribution in [3.63, 3.8) is 0 Å². The molecule has 35 heavy (non-hydrogen) atoms. The van der Waals surface area contributed by atoms with E-state index in [1.807, 2.05) is 26.4 Å². The molecule has 4 aromatic heterocycles. The molecule has 6 rings (SSSR count). The number of anilines is 1. The number of fused-ring (bicyclic) bond motifs is 1. The number of nitrogens with zero attached hydrogens (tertiary/aromatic N) is 7. The smallest absolute Gasteiger partial charge is 0.271 e. The van der Waals surface area contributed by atoms with Crippen LogP contribution in [0.4, 0.5) is 5.69 Å². The lowest BCUT2D eigenvalue weighted by Gasteiger charge is -2.11. The summed E-state index contributed by atoms with van der Waals surface area (Å²) in [7, 11) is 5.38. The van der Waals surface area contributed by atoms with Crippen molar-refractivity contribution in [2.45, 2.75) is 44.1 Å². The van der Waals surface area contributed by atoms with Crippen molar-refractivity contribution in [3.8, 4) is 0 Å². The van der Waals surface area contributed by atoms with E-state index < -0.39 is 0 Å². The van der Waals surface area contributed by atoms with Gasteiger partial charge in [-0.1, -0.05) is 0 Å². The van der Waals surface area contributed by atoms with Gasteiger partial charge in [0.25, 0.3) is 11.8 Å². The molecule has 0 bridgehead atoms. The average molecular weight is 474 g/mol. The zero-order valence-corrected chi connectivity index (χ0v) is 19.9. The van der Waals surface area contributed by atoms with Gasteiger partial charge in [0.15, 0.2) is 5.65 Å². The third-order valence-electron chi connectivity index (χ3n) is 6.66. The lowest BCUT2D eigenvalue weighted by molar-refractivity contribution is 0.0942. The number of aromatic nitrogens is 7. The van der Waals surface area contributed by atoms with Gasteiger partial charge in [-0.05, 0) is 31.7 Å². The monoisotopic (exact) mass is 473 g/mol. The molecule has 0 spiro atoms. The number of carbonyl (C=O) groups is 2. The third kappa shape index (κ3) is 3.96. The number of rotatable bonds is 7. The molecule has 2 fully saturated rings. The average Bonchev–Trinajstić information content (AvgIpc) is 3.76. The Morgan fingerprint density at radius 2 is 1.77 bits per heavy atom. The van der Waals surface area contributed by atoms with Crippen molar-refractivity contribution in [1.29, 1.82) is 0 Å². The summed E-state index contributed by atoms with van der Waals surface area (Å²) in [5.74, 6) is 0.134. The molecule has 0 aliphatic heterocycles. The van der Waals surface area contributed by atoms with Crippen molar-refractivity contribution < 1.29 is 9.59 Å². The SMILES string of the molecule is Cn1cc(CNC(=O)c2c(NC(=O)c3cc(C4CC4)nc4c3c(C3CC3)nn4C)cnn2C)cn1. The van der Waals surface area contributed by atoms with Crippen LogP contribution in [0.5, 0.6) is 0 Å². The standard InChI is InChI=1S/C24H27N9O2/c1-31-12-13(10-26-31)9-25-24(35)21-18(11-27-32(21)2)29-23(34)16-8-17(14-4-5-14)28-22-19(16)20(15-6-7-15)30-33(22)3/h8,10-12,14-15H,4-7,9H2,1-3H3,(H,25,35)(H,29,34). The van der Waals surface area contributed by atoms with Gasteiger partial charge in [0, 0.05) is 57.0 Å². The molecule has 2 saturated carbocycles. The maximum absolute atomic E-state index is 13.6. The van der Waals surface area contributed by atoms with Crippen LogP contribution in [0.15, 0.2) is 24.7 Å². The molecule has 2 aliphatic carbocycles. The summed E-state index contributed by atoms with van der Waals surface area (Å²) in [6.45, 7) is 0.321. The maximum atomic E-state index is 13.6. The van der Waals surface area contributed by atoms with E-state index in [1.165, 1.54) is 10.9 Å². The first-order valence-corrected chi connectivity index (χ1v) is 11.9. The molecule has 11 nitrogen and oxygen atoms in total. The highest BCUT2D eigenvalue weighted by Gasteiger charge is 2.34. The van der Waals surface area contributed by atoms with E-state index in [0.29, 0.717) is 29.6 Å². The minimum atomic E-state index is -0.331. The van der Waals surface area contributed by atoms with Crippen molar-refractivity contribution in [2.24, 2.45) is 21.1 Å². The highest BCUT2D eigenvalue weighted by atomic mass is 16.2. The Bertz CT molecular complexity index is 1470. The second-order valence-corrected chi connectivity index (χ2v) is 9.54. The van der Waals surface area contributed by atoms with Gasteiger partial charge in [0.1, 0.15) is 5.69 Å². The largest absolute Gasteiger partial charge is 0.346 e. The summed E-state index contributed by atoms with van der Waals surface area (Å²) in [5, 5.41) is 19.7.